The predicted molar refractivity (Wildman–Crippen MR) is 106 cm³/mol. The Bertz CT molecular complexity index is 893. The molecular weight excluding hydrogens is 354 g/mol. The highest BCUT2D eigenvalue weighted by Crippen LogP contribution is 2.30. The van der Waals surface area contributed by atoms with Crippen molar-refractivity contribution in [2.75, 3.05) is 25.4 Å². The van der Waals surface area contributed by atoms with Gasteiger partial charge in [-0.2, -0.15) is 0 Å². The van der Waals surface area contributed by atoms with Gasteiger partial charge in [-0.15, -0.1) is 0 Å². The number of pyridine rings is 1. The zero-order valence-electron chi connectivity index (χ0n) is 15.8. The molecule has 1 atom stereocenters. The number of anilines is 1. The second-order valence-electron chi connectivity index (χ2n) is 7.46. The molecule has 2 aliphatic rings. The van der Waals surface area contributed by atoms with Gasteiger partial charge >= 0.3 is 0 Å². The second-order valence-corrected chi connectivity index (χ2v) is 7.46. The average Bonchev–Trinajstić information content (AvgIpc) is 3.22. The van der Waals surface area contributed by atoms with Gasteiger partial charge < -0.3 is 16.4 Å². The minimum absolute atomic E-state index is 0.0937. The van der Waals surface area contributed by atoms with Crippen molar-refractivity contribution in [3.05, 3.63) is 58.8 Å². The number of likely N-dealkylation sites (tertiary alicyclic amines) is 1. The summed E-state index contributed by atoms with van der Waals surface area (Å²) in [6, 6.07) is 11.4. The van der Waals surface area contributed by atoms with Crippen LogP contribution >= 0.6 is 0 Å². The SMILES string of the molecule is NC(=O)c1cc2c(nc1N)CCN(C(=O)[C@@H](c1ccccc1)N1CCCC1)C2. The Morgan fingerprint density at radius 3 is 2.46 bits per heavy atom. The van der Waals surface area contributed by atoms with Gasteiger partial charge in [-0.05, 0) is 43.1 Å². The van der Waals surface area contributed by atoms with E-state index in [-0.39, 0.29) is 23.3 Å². The Labute approximate surface area is 164 Å². The predicted octanol–water partition coefficient (Wildman–Crippen LogP) is 1.48. The molecule has 0 spiro atoms. The molecule has 2 amide bonds. The maximum absolute atomic E-state index is 13.5. The van der Waals surface area contributed by atoms with Crippen LogP contribution in [0.5, 0.6) is 0 Å². The quantitative estimate of drug-likeness (QED) is 0.837. The zero-order chi connectivity index (χ0) is 19.7. The molecule has 2 aromatic rings. The number of amides is 2. The van der Waals surface area contributed by atoms with Gasteiger partial charge in [0.15, 0.2) is 0 Å². The molecular formula is C21H25N5O2. The summed E-state index contributed by atoms with van der Waals surface area (Å²) in [6.07, 6.45) is 2.85. The molecule has 0 radical (unpaired) electrons. The average molecular weight is 379 g/mol. The summed E-state index contributed by atoms with van der Waals surface area (Å²) in [5.74, 6) is -0.350. The van der Waals surface area contributed by atoms with Crippen molar-refractivity contribution in [2.45, 2.75) is 31.8 Å². The van der Waals surface area contributed by atoms with Crippen LogP contribution in [0.4, 0.5) is 5.82 Å². The zero-order valence-corrected chi connectivity index (χ0v) is 15.8. The van der Waals surface area contributed by atoms with Crippen molar-refractivity contribution < 1.29 is 9.59 Å². The highest BCUT2D eigenvalue weighted by molar-refractivity contribution is 5.97. The van der Waals surface area contributed by atoms with E-state index in [0.29, 0.717) is 19.5 Å². The topological polar surface area (TPSA) is 106 Å². The Morgan fingerprint density at radius 1 is 1.07 bits per heavy atom. The number of fused-ring (bicyclic) bond motifs is 1. The number of aromatic nitrogens is 1. The lowest BCUT2D eigenvalue weighted by atomic mass is 9.99. The molecule has 4 N–H and O–H groups in total. The number of hydrogen-bond donors (Lipinski definition) is 2. The molecule has 1 aromatic heterocycles. The smallest absolute Gasteiger partial charge is 0.252 e. The van der Waals surface area contributed by atoms with E-state index in [2.05, 4.69) is 9.88 Å². The van der Waals surface area contributed by atoms with Crippen molar-refractivity contribution in [1.82, 2.24) is 14.8 Å². The summed E-state index contributed by atoms with van der Waals surface area (Å²) in [7, 11) is 0. The van der Waals surface area contributed by atoms with Crippen LogP contribution in [0.25, 0.3) is 0 Å². The number of benzene rings is 1. The van der Waals surface area contributed by atoms with Gasteiger partial charge in [0.1, 0.15) is 11.9 Å². The minimum atomic E-state index is -0.601. The van der Waals surface area contributed by atoms with Crippen molar-refractivity contribution in [3.8, 4) is 0 Å². The number of carbonyl (C=O) groups is 2. The first kappa shape index (κ1) is 18.4. The van der Waals surface area contributed by atoms with Gasteiger partial charge in [0.2, 0.25) is 5.91 Å². The van der Waals surface area contributed by atoms with Crippen molar-refractivity contribution in [1.29, 1.82) is 0 Å². The Hall–Kier alpha value is -2.93. The van der Waals surface area contributed by atoms with Crippen LogP contribution in [-0.2, 0) is 17.8 Å². The van der Waals surface area contributed by atoms with E-state index in [1.807, 2.05) is 35.2 Å². The number of primary amides is 1. The van der Waals surface area contributed by atoms with Crippen LogP contribution in [0.1, 0.15) is 46.1 Å². The van der Waals surface area contributed by atoms with Crippen LogP contribution in [0.2, 0.25) is 0 Å². The molecule has 4 rings (SSSR count). The lowest BCUT2D eigenvalue weighted by molar-refractivity contribution is -0.138. The Morgan fingerprint density at radius 2 is 1.79 bits per heavy atom. The van der Waals surface area contributed by atoms with E-state index < -0.39 is 5.91 Å². The molecule has 0 unspecified atom stereocenters. The van der Waals surface area contributed by atoms with E-state index in [1.54, 1.807) is 6.07 Å². The standard InChI is InChI=1S/C21H25N5O2/c22-19-16(20(23)27)12-15-13-26(11-8-17(15)24-19)21(28)18(25-9-4-5-10-25)14-6-2-1-3-7-14/h1-3,6-7,12,18H,4-5,8-11,13H2,(H2,22,24)(H2,23,27)/t18-/m1/s1. The number of nitrogen functional groups attached to an aromatic ring is 1. The van der Waals surface area contributed by atoms with Crippen LogP contribution in [0, 0.1) is 0 Å². The van der Waals surface area contributed by atoms with Crippen molar-refractivity contribution in [2.24, 2.45) is 5.73 Å². The molecule has 7 heteroatoms. The highest BCUT2D eigenvalue weighted by atomic mass is 16.2. The molecule has 1 fully saturated rings. The number of nitrogens with zero attached hydrogens (tertiary/aromatic N) is 3. The van der Waals surface area contributed by atoms with Gasteiger partial charge in [0, 0.05) is 25.2 Å². The second kappa shape index (κ2) is 7.59. The summed E-state index contributed by atoms with van der Waals surface area (Å²) in [6.45, 7) is 2.86. The molecule has 0 bridgehead atoms. The van der Waals surface area contributed by atoms with Crippen LogP contribution in [0.3, 0.4) is 0 Å². The fourth-order valence-electron chi connectivity index (χ4n) is 4.19. The van der Waals surface area contributed by atoms with E-state index in [9.17, 15) is 9.59 Å². The van der Waals surface area contributed by atoms with E-state index in [1.165, 1.54) is 0 Å². The third kappa shape index (κ3) is 3.45. The van der Waals surface area contributed by atoms with Crippen molar-refractivity contribution in [3.63, 3.8) is 0 Å². The molecule has 146 valence electrons. The van der Waals surface area contributed by atoms with Crippen LogP contribution < -0.4 is 11.5 Å². The Balaban J connectivity index is 1.62. The van der Waals surface area contributed by atoms with Gasteiger partial charge in [0.25, 0.3) is 5.91 Å². The first-order valence-corrected chi connectivity index (χ1v) is 9.70. The summed E-state index contributed by atoms with van der Waals surface area (Å²) in [5.41, 5.74) is 14.2. The number of hydrogen-bond acceptors (Lipinski definition) is 5. The van der Waals surface area contributed by atoms with Crippen molar-refractivity contribution >= 4 is 17.6 Å². The molecule has 7 nitrogen and oxygen atoms in total. The maximum atomic E-state index is 13.5. The number of nitrogens with two attached hydrogens (primary N) is 2. The fraction of sp³-hybridized carbons (Fsp3) is 0.381. The molecule has 3 heterocycles. The summed E-state index contributed by atoms with van der Waals surface area (Å²) in [4.78, 5) is 33.6. The molecule has 28 heavy (non-hydrogen) atoms. The molecule has 1 saturated heterocycles. The first-order chi connectivity index (χ1) is 13.5. The molecule has 2 aliphatic heterocycles. The van der Waals surface area contributed by atoms with Gasteiger partial charge in [-0.25, -0.2) is 4.98 Å². The molecule has 0 aliphatic carbocycles. The van der Waals surface area contributed by atoms with Gasteiger partial charge in [0.05, 0.1) is 5.56 Å². The largest absolute Gasteiger partial charge is 0.383 e. The van der Waals surface area contributed by atoms with E-state index in [4.69, 9.17) is 11.5 Å². The van der Waals surface area contributed by atoms with Gasteiger partial charge in [-0.3, -0.25) is 14.5 Å². The number of rotatable bonds is 4. The number of carbonyl (C=O) groups excluding carboxylic acids is 2. The third-order valence-electron chi connectivity index (χ3n) is 5.63. The maximum Gasteiger partial charge on any atom is 0.252 e. The van der Waals surface area contributed by atoms with E-state index in [0.717, 1.165) is 42.8 Å². The highest BCUT2D eigenvalue weighted by Gasteiger charge is 2.34. The lowest BCUT2D eigenvalue weighted by Gasteiger charge is -2.35. The lowest BCUT2D eigenvalue weighted by Crippen LogP contribution is -2.44. The normalized spacial score (nSPS) is 17.9. The first-order valence-electron chi connectivity index (χ1n) is 9.70. The third-order valence-corrected chi connectivity index (χ3v) is 5.63. The summed E-state index contributed by atoms with van der Waals surface area (Å²) in [5, 5.41) is 0. The van der Waals surface area contributed by atoms with Gasteiger partial charge in [-0.1, -0.05) is 30.3 Å². The minimum Gasteiger partial charge on any atom is -0.383 e. The monoisotopic (exact) mass is 379 g/mol. The molecule has 0 saturated carbocycles. The summed E-state index contributed by atoms with van der Waals surface area (Å²) >= 11 is 0. The van der Waals surface area contributed by atoms with Crippen LogP contribution in [-0.4, -0.2) is 46.2 Å². The fourth-order valence-corrected chi connectivity index (χ4v) is 4.19. The summed E-state index contributed by atoms with van der Waals surface area (Å²) < 4.78 is 0. The Kier molecular flexibility index (Phi) is 5.00. The van der Waals surface area contributed by atoms with E-state index >= 15 is 0 Å². The van der Waals surface area contributed by atoms with Crippen LogP contribution in [0.15, 0.2) is 36.4 Å². The molecule has 1 aromatic carbocycles.